The van der Waals surface area contributed by atoms with Crippen LogP contribution in [0.25, 0.3) is 11.0 Å². The predicted molar refractivity (Wildman–Crippen MR) is 91.0 cm³/mol. The zero-order valence-corrected chi connectivity index (χ0v) is 13.7. The smallest absolute Gasteiger partial charge is 0.337 e. The Morgan fingerprint density at radius 2 is 1.91 bits per heavy atom. The molecule has 1 aromatic heterocycles. The zero-order valence-electron chi connectivity index (χ0n) is 13.7. The van der Waals surface area contributed by atoms with Gasteiger partial charge in [-0.3, -0.25) is 4.57 Å². The van der Waals surface area contributed by atoms with Crippen LogP contribution >= 0.6 is 0 Å². The Kier molecular flexibility index (Phi) is 4.52. The van der Waals surface area contributed by atoms with Crippen molar-refractivity contribution in [3.8, 4) is 0 Å². The highest BCUT2D eigenvalue weighted by Gasteiger charge is 2.20. The van der Waals surface area contributed by atoms with Crippen molar-refractivity contribution in [2.45, 2.75) is 32.7 Å². The quantitative estimate of drug-likeness (QED) is 0.909. The number of benzene rings is 1. The molecule has 1 saturated heterocycles. The molecule has 0 atom stereocenters. The molecule has 1 aliphatic heterocycles. The van der Waals surface area contributed by atoms with Crippen molar-refractivity contribution in [3.05, 3.63) is 34.7 Å². The van der Waals surface area contributed by atoms with Gasteiger partial charge in [0.2, 0.25) is 0 Å². The van der Waals surface area contributed by atoms with Crippen molar-refractivity contribution < 1.29 is 4.79 Å². The number of amides is 1. The summed E-state index contributed by atoms with van der Waals surface area (Å²) in [6, 6.07) is 7.11. The number of aromatic nitrogens is 2. The Labute approximate surface area is 135 Å². The maximum absolute atomic E-state index is 12.7. The van der Waals surface area contributed by atoms with Crippen LogP contribution in [0.1, 0.15) is 32.7 Å². The molecule has 0 saturated carbocycles. The van der Waals surface area contributed by atoms with E-state index in [4.69, 9.17) is 0 Å². The Balaban J connectivity index is 1.88. The number of carbonyl (C=O) groups is 1. The normalized spacial score (nSPS) is 16.1. The lowest BCUT2D eigenvalue weighted by Crippen LogP contribution is -2.41. The first-order chi connectivity index (χ1) is 11.1. The second-order valence-corrected chi connectivity index (χ2v) is 6.45. The minimum atomic E-state index is -0.330. The van der Waals surface area contributed by atoms with Crippen LogP contribution in [0.2, 0.25) is 0 Å². The van der Waals surface area contributed by atoms with Crippen LogP contribution in [-0.4, -0.2) is 34.8 Å². The average Bonchev–Trinajstić information content (AvgIpc) is 2.85. The molecule has 0 spiro atoms. The van der Waals surface area contributed by atoms with E-state index in [1.54, 1.807) is 4.57 Å². The molecule has 1 aliphatic rings. The lowest BCUT2D eigenvalue weighted by Gasteiger charge is -2.22. The van der Waals surface area contributed by atoms with Crippen molar-refractivity contribution >= 4 is 17.1 Å². The number of hydrogen-bond donors (Lipinski definition) is 2. The van der Waals surface area contributed by atoms with E-state index in [1.807, 2.05) is 38.1 Å². The minimum Gasteiger partial charge on any atom is -0.337 e. The van der Waals surface area contributed by atoms with Crippen molar-refractivity contribution in [1.29, 1.82) is 0 Å². The lowest BCUT2D eigenvalue weighted by molar-refractivity contribution is 0.238. The molecule has 1 aromatic carbocycles. The van der Waals surface area contributed by atoms with Crippen LogP contribution < -0.4 is 16.3 Å². The van der Waals surface area contributed by atoms with E-state index in [1.165, 1.54) is 4.57 Å². The first-order valence-electron chi connectivity index (χ1n) is 8.30. The van der Waals surface area contributed by atoms with Gasteiger partial charge in [-0.1, -0.05) is 12.1 Å². The number of hydrogen-bond acceptors (Lipinski definition) is 3. The number of imidazole rings is 1. The maximum Gasteiger partial charge on any atom is 0.337 e. The molecule has 2 N–H and O–H groups in total. The molecule has 0 radical (unpaired) electrons. The summed E-state index contributed by atoms with van der Waals surface area (Å²) in [5.41, 5.74) is 1.18. The molecule has 124 valence electrons. The van der Waals surface area contributed by atoms with Gasteiger partial charge in [0.25, 0.3) is 0 Å². The van der Waals surface area contributed by atoms with E-state index < -0.39 is 0 Å². The summed E-state index contributed by atoms with van der Waals surface area (Å²) in [5, 5.41) is 6.25. The van der Waals surface area contributed by atoms with Crippen LogP contribution in [0.3, 0.4) is 0 Å². The largest absolute Gasteiger partial charge is 0.337 e. The highest BCUT2D eigenvalue weighted by atomic mass is 16.2. The Morgan fingerprint density at radius 3 is 2.57 bits per heavy atom. The SMILES string of the molecule is CC(C)n1c(=O)n(C(=O)NCC2CCNCC2)c2ccccc21. The molecule has 3 rings (SSSR count). The van der Waals surface area contributed by atoms with Crippen LogP contribution in [-0.2, 0) is 0 Å². The first-order valence-corrected chi connectivity index (χ1v) is 8.30. The van der Waals surface area contributed by atoms with Crippen LogP contribution in [0.5, 0.6) is 0 Å². The molecule has 1 amide bonds. The van der Waals surface area contributed by atoms with E-state index in [9.17, 15) is 9.59 Å². The molecule has 0 unspecified atom stereocenters. The molecule has 0 aliphatic carbocycles. The molecular weight excluding hydrogens is 292 g/mol. The topological polar surface area (TPSA) is 68.1 Å². The Hall–Kier alpha value is -2.08. The van der Waals surface area contributed by atoms with Crippen molar-refractivity contribution in [3.63, 3.8) is 0 Å². The first kappa shape index (κ1) is 15.8. The highest BCUT2D eigenvalue weighted by molar-refractivity contribution is 5.89. The van der Waals surface area contributed by atoms with Crippen molar-refractivity contribution in [2.75, 3.05) is 19.6 Å². The van der Waals surface area contributed by atoms with E-state index in [0.29, 0.717) is 18.0 Å². The van der Waals surface area contributed by atoms with Gasteiger partial charge in [0.05, 0.1) is 11.0 Å². The van der Waals surface area contributed by atoms with Crippen molar-refractivity contribution in [1.82, 2.24) is 19.8 Å². The third kappa shape index (κ3) is 3.03. The number of para-hydroxylation sites is 2. The number of nitrogens with zero attached hydrogens (tertiary/aromatic N) is 2. The summed E-state index contributed by atoms with van der Waals surface area (Å²) in [6.45, 7) is 6.50. The van der Waals surface area contributed by atoms with Gasteiger partial charge in [-0.25, -0.2) is 14.2 Å². The van der Waals surface area contributed by atoms with E-state index in [-0.39, 0.29) is 17.8 Å². The zero-order chi connectivity index (χ0) is 16.4. The minimum absolute atomic E-state index is 0.00543. The number of piperidine rings is 1. The number of nitrogens with one attached hydrogen (secondary N) is 2. The molecule has 6 nitrogen and oxygen atoms in total. The van der Waals surface area contributed by atoms with Gasteiger partial charge in [0, 0.05) is 12.6 Å². The molecule has 0 bridgehead atoms. The predicted octanol–water partition coefficient (Wildman–Crippen LogP) is 1.94. The van der Waals surface area contributed by atoms with Gasteiger partial charge >= 0.3 is 11.7 Å². The van der Waals surface area contributed by atoms with Gasteiger partial charge in [-0.2, -0.15) is 0 Å². The molecule has 2 aromatic rings. The van der Waals surface area contributed by atoms with Crippen LogP contribution in [0, 0.1) is 5.92 Å². The van der Waals surface area contributed by atoms with E-state index in [0.717, 1.165) is 31.4 Å². The molecule has 23 heavy (non-hydrogen) atoms. The number of carbonyl (C=O) groups excluding carboxylic acids is 1. The van der Waals surface area contributed by atoms with Gasteiger partial charge in [-0.05, 0) is 57.8 Å². The second-order valence-electron chi connectivity index (χ2n) is 6.45. The fraction of sp³-hybridized carbons (Fsp3) is 0.529. The maximum atomic E-state index is 12.7. The van der Waals surface area contributed by atoms with Gasteiger partial charge < -0.3 is 10.6 Å². The summed E-state index contributed by atoms with van der Waals surface area (Å²) in [5.74, 6) is 0.481. The molecule has 6 heteroatoms. The Morgan fingerprint density at radius 1 is 1.26 bits per heavy atom. The number of fused-ring (bicyclic) bond motifs is 1. The third-order valence-electron chi connectivity index (χ3n) is 4.50. The van der Waals surface area contributed by atoms with Crippen LogP contribution in [0.4, 0.5) is 4.79 Å². The Bertz CT molecular complexity index is 754. The third-order valence-corrected chi connectivity index (χ3v) is 4.50. The van der Waals surface area contributed by atoms with Gasteiger partial charge in [-0.15, -0.1) is 0 Å². The van der Waals surface area contributed by atoms with Crippen molar-refractivity contribution in [2.24, 2.45) is 5.92 Å². The fourth-order valence-corrected chi connectivity index (χ4v) is 3.26. The second kappa shape index (κ2) is 6.58. The molecule has 2 heterocycles. The van der Waals surface area contributed by atoms with Crippen LogP contribution in [0.15, 0.2) is 29.1 Å². The van der Waals surface area contributed by atoms with Gasteiger partial charge in [0.15, 0.2) is 0 Å². The standard InChI is InChI=1S/C17H24N4O2/c1-12(2)20-14-5-3-4-6-15(14)21(17(20)23)16(22)19-11-13-7-9-18-10-8-13/h3-6,12-13,18H,7-11H2,1-2H3,(H,19,22). The summed E-state index contributed by atoms with van der Waals surface area (Å²) in [7, 11) is 0. The fourth-order valence-electron chi connectivity index (χ4n) is 3.26. The summed E-state index contributed by atoms with van der Waals surface area (Å²) in [4.78, 5) is 25.3. The van der Waals surface area contributed by atoms with Gasteiger partial charge in [0.1, 0.15) is 0 Å². The molecular formula is C17H24N4O2. The summed E-state index contributed by atoms with van der Waals surface area (Å²) in [6.07, 6.45) is 2.12. The van der Waals surface area contributed by atoms with E-state index in [2.05, 4.69) is 10.6 Å². The summed E-state index contributed by atoms with van der Waals surface area (Å²) >= 11 is 0. The summed E-state index contributed by atoms with van der Waals surface area (Å²) < 4.78 is 2.93. The number of rotatable bonds is 3. The monoisotopic (exact) mass is 316 g/mol. The highest BCUT2D eigenvalue weighted by Crippen LogP contribution is 2.16. The lowest BCUT2D eigenvalue weighted by atomic mass is 9.98. The average molecular weight is 316 g/mol. The molecule has 1 fully saturated rings. The van der Waals surface area contributed by atoms with E-state index >= 15 is 0 Å².